The first-order chi connectivity index (χ1) is 10.8. The lowest BCUT2D eigenvalue weighted by Crippen LogP contribution is -2.44. The van der Waals surface area contributed by atoms with Gasteiger partial charge in [-0.05, 0) is 12.5 Å². The Morgan fingerprint density at radius 3 is 2.73 bits per heavy atom. The molecule has 118 valence electrons. The monoisotopic (exact) mass is 300 g/mol. The van der Waals surface area contributed by atoms with E-state index in [9.17, 15) is 0 Å². The Balaban J connectivity index is 1.56. The second-order valence-electron chi connectivity index (χ2n) is 5.71. The first kappa shape index (κ1) is 15.1. The first-order valence-corrected chi connectivity index (χ1v) is 7.95. The second kappa shape index (κ2) is 7.42. The van der Waals surface area contributed by atoms with Crippen LogP contribution in [0.4, 0.5) is 0 Å². The van der Waals surface area contributed by atoms with Crippen LogP contribution in [0.25, 0.3) is 0 Å². The number of benzene rings is 1. The second-order valence-corrected chi connectivity index (χ2v) is 5.71. The van der Waals surface area contributed by atoms with Crippen molar-refractivity contribution in [2.75, 3.05) is 39.3 Å². The Kier molecular flexibility index (Phi) is 5.08. The topological polar surface area (TPSA) is 42.3 Å². The summed E-state index contributed by atoms with van der Waals surface area (Å²) in [6.45, 7) is 8.78. The molecule has 0 saturated carbocycles. The highest BCUT2D eigenvalue weighted by atomic mass is 16.5. The van der Waals surface area contributed by atoms with Gasteiger partial charge in [0, 0.05) is 38.8 Å². The van der Waals surface area contributed by atoms with Crippen LogP contribution in [0.3, 0.4) is 0 Å². The van der Waals surface area contributed by atoms with Crippen molar-refractivity contribution < 1.29 is 4.74 Å². The van der Waals surface area contributed by atoms with Gasteiger partial charge in [0.2, 0.25) is 5.88 Å². The molecule has 22 heavy (non-hydrogen) atoms. The van der Waals surface area contributed by atoms with Crippen LogP contribution in [0.5, 0.6) is 5.88 Å². The third kappa shape index (κ3) is 4.08. The van der Waals surface area contributed by atoms with E-state index < -0.39 is 0 Å². The maximum Gasteiger partial charge on any atom is 0.212 e. The summed E-state index contributed by atoms with van der Waals surface area (Å²) in [5, 5.41) is 7.91. The molecule has 0 spiro atoms. The Morgan fingerprint density at radius 1 is 1.18 bits per heavy atom. The molecule has 5 nitrogen and oxygen atoms in total. The molecule has 1 fully saturated rings. The minimum absolute atomic E-state index is 0.708. The number of nitrogens with one attached hydrogen (secondary N) is 1. The van der Waals surface area contributed by atoms with Crippen molar-refractivity contribution in [2.45, 2.75) is 13.5 Å². The number of piperazine rings is 1. The Hall–Kier alpha value is -1.85. The van der Waals surface area contributed by atoms with Crippen molar-refractivity contribution in [3.05, 3.63) is 47.7 Å². The molecule has 1 N–H and O–H groups in total. The van der Waals surface area contributed by atoms with E-state index in [4.69, 9.17) is 4.74 Å². The van der Waals surface area contributed by atoms with Crippen LogP contribution in [0.1, 0.15) is 11.3 Å². The molecule has 5 heteroatoms. The van der Waals surface area contributed by atoms with Gasteiger partial charge in [-0.2, -0.15) is 5.10 Å². The number of aryl methyl sites for hydroxylation is 1. The van der Waals surface area contributed by atoms with Gasteiger partial charge in [-0.1, -0.05) is 30.3 Å². The minimum atomic E-state index is 0.708. The van der Waals surface area contributed by atoms with Crippen LogP contribution in [-0.4, -0.2) is 54.0 Å². The summed E-state index contributed by atoms with van der Waals surface area (Å²) in [4.78, 5) is 2.43. The summed E-state index contributed by atoms with van der Waals surface area (Å²) in [6.07, 6.45) is 0. The molecule has 0 radical (unpaired) electrons. The zero-order valence-corrected chi connectivity index (χ0v) is 13.2. The quantitative estimate of drug-likeness (QED) is 0.878. The van der Waals surface area contributed by atoms with Gasteiger partial charge in [-0.3, -0.25) is 4.90 Å². The summed E-state index contributed by atoms with van der Waals surface area (Å²) in [5.41, 5.74) is 2.23. The lowest BCUT2D eigenvalue weighted by atomic mass is 10.2. The molecule has 0 aliphatic carbocycles. The van der Waals surface area contributed by atoms with Crippen molar-refractivity contribution in [3.63, 3.8) is 0 Å². The van der Waals surface area contributed by atoms with Crippen molar-refractivity contribution >= 4 is 0 Å². The maximum atomic E-state index is 5.97. The largest absolute Gasteiger partial charge is 0.476 e. The van der Waals surface area contributed by atoms with Gasteiger partial charge >= 0.3 is 0 Å². The van der Waals surface area contributed by atoms with Crippen LogP contribution < -0.4 is 10.1 Å². The zero-order valence-electron chi connectivity index (χ0n) is 13.2. The summed E-state index contributed by atoms with van der Waals surface area (Å²) in [5.74, 6) is 0.858. The molecule has 1 aromatic heterocycles. The van der Waals surface area contributed by atoms with Crippen LogP contribution in [-0.2, 0) is 6.54 Å². The van der Waals surface area contributed by atoms with Gasteiger partial charge < -0.3 is 10.1 Å². The summed E-state index contributed by atoms with van der Waals surface area (Å²) >= 11 is 0. The summed E-state index contributed by atoms with van der Waals surface area (Å²) in [6, 6.07) is 12.4. The number of aromatic nitrogens is 2. The molecule has 1 aliphatic heterocycles. The van der Waals surface area contributed by atoms with E-state index in [1.165, 1.54) is 5.56 Å². The average molecular weight is 300 g/mol. The molecule has 1 aromatic carbocycles. The fraction of sp³-hybridized carbons (Fsp3) is 0.471. The molecule has 2 aromatic rings. The maximum absolute atomic E-state index is 5.97. The molecular formula is C17H24N4O. The van der Waals surface area contributed by atoms with Gasteiger partial charge in [0.05, 0.1) is 12.2 Å². The molecule has 0 atom stereocenters. The summed E-state index contributed by atoms with van der Waals surface area (Å²) < 4.78 is 7.92. The molecular weight excluding hydrogens is 276 g/mol. The highest BCUT2D eigenvalue weighted by molar-refractivity contribution is 5.20. The van der Waals surface area contributed by atoms with Crippen LogP contribution in [0.2, 0.25) is 0 Å². The van der Waals surface area contributed by atoms with Crippen LogP contribution >= 0.6 is 0 Å². The van der Waals surface area contributed by atoms with E-state index in [1.54, 1.807) is 0 Å². The smallest absolute Gasteiger partial charge is 0.212 e. The summed E-state index contributed by atoms with van der Waals surface area (Å²) in [7, 11) is 0. The molecule has 0 bridgehead atoms. The molecule has 1 aliphatic rings. The van der Waals surface area contributed by atoms with Crippen molar-refractivity contribution in [2.24, 2.45) is 0 Å². The highest BCUT2D eigenvalue weighted by Crippen LogP contribution is 2.15. The number of nitrogens with zero attached hydrogens (tertiary/aromatic N) is 3. The van der Waals surface area contributed by atoms with Crippen molar-refractivity contribution in [3.8, 4) is 5.88 Å². The van der Waals surface area contributed by atoms with E-state index in [0.717, 1.165) is 50.8 Å². The van der Waals surface area contributed by atoms with E-state index in [1.807, 2.05) is 23.7 Å². The molecule has 0 unspecified atom stereocenters. The van der Waals surface area contributed by atoms with Crippen LogP contribution in [0.15, 0.2) is 36.4 Å². The minimum Gasteiger partial charge on any atom is -0.476 e. The molecule has 0 amide bonds. The third-order valence-electron chi connectivity index (χ3n) is 3.91. The predicted octanol–water partition coefficient (Wildman–Crippen LogP) is 1.52. The van der Waals surface area contributed by atoms with Crippen molar-refractivity contribution in [1.82, 2.24) is 20.0 Å². The SMILES string of the molecule is Cc1cc(OCCN2CCNCC2)n(Cc2ccccc2)n1. The molecule has 2 heterocycles. The Labute approximate surface area is 131 Å². The van der Waals surface area contributed by atoms with E-state index in [2.05, 4.69) is 39.6 Å². The van der Waals surface area contributed by atoms with Crippen molar-refractivity contribution in [1.29, 1.82) is 0 Å². The Bertz CT molecular complexity index is 576. The first-order valence-electron chi connectivity index (χ1n) is 7.95. The average Bonchev–Trinajstić information content (AvgIpc) is 2.89. The fourth-order valence-electron chi connectivity index (χ4n) is 2.72. The van der Waals surface area contributed by atoms with Crippen LogP contribution in [0, 0.1) is 6.92 Å². The van der Waals surface area contributed by atoms with Gasteiger partial charge in [0.15, 0.2) is 0 Å². The van der Waals surface area contributed by atoms with E-state index >= 15 is 0 Å². The lowest BCUT2D eigenvalue weighted by Gasteiger charge is -2.26. The van der Waals surface area contributed by atoms with Gasteiger partial charge in [-0.15, -0.1) is 0 Å². The highest BCUT2D eigenvalue weighted by Gasteiger charge is 2.11. The van der Waals surface area contributed by atoms with E-state index in [0.29, 0.717) is 6.61 Å². The van der Waals surface area contributed by atoms with E-state index in [-0.39, 0.29) is 0 Å². The van der Waals surface area contributed by atoms with Gasteiger partial charge in [-0.25, -0.2) is 4.68 Å². The zero-order chi connectivity index (χ0) is 15.2. The van der Waals surface area contributed by atoms with Gasteiger partial charge in [0.25, 0.3) is 0 Å². The fourth-order valence-corrected chi connectivity index (χ4v) is 2.72. The van der Waals surface area contributed by atoms with Gasteiger partial charge in [0.1, 0.15) is 6.61 Å². The molecule has 1 saturated heterocycles. The lowest BCUT2D eigenvalue weighted by molar-refractivity contribution is 0.184. The molecule has 3 rings (SSSR count). The number of rotatable bonds is 6. The standard InChI is InChI=1S/C17H24N4O/c1-15-13-17(22-12-11-20-9-7-18-8-10-20)21(19-15)14-16-5-3-2-4-6-16/h2-6,13,18H,7-12,14H2,1H3. The number of ether oxygens (including phenoxy) is 1. The third-order valence-corrected chi connectivity index (χ3v) is 3.91. The number of hydrogen-bond acceptors (Lipinski definition) is 4. The number of hydrogen-bond donors (Lipinski definition) is 1. The predicted molar refractivity (Wildman–Crippen MR) is 87.3 cm³/mol. The Morgan fingerprint density at radius 2 is 1.95 bits per heavy atom. The normalized spacial score (nSPS) is 15.9.